The van der Waals surface area contributed by atoms with Crippen LogP contribution in [-0.4, -0.2) is 6.61 Å². The summed E-state index contributed by atoms with van der Waals surface area (Å²) in [6, 6.07) is 8.04. The molecule has 1 heterocycles. The van der Waals surface area contributed by atoms with Gasteiger partial charge in [0.15, 0.2) is 5.43 Å². The molecule has 0 amide bonds. The van der Waals surface area contributed by atoms with E-state index in [1.807, 2.05) is 6.92 Å². The highest BCUT2D eigenvalue weighted by molar-refractivity contribution is 5.83. The van der Waals surface area contributed by atoms with Gasteiger partial charge in [-0.15, -0.1) is 0 Å². The van der Waals surface area contributed by atoms with Crippen molar-refractivity contribution in [3.05, 3.63) is 40.2 Å². The van der Waals surface area contributed by atoms with Crippen LogP contribution < -0.4 is 10.2 Å². The molecule has 0 aliphatic rings. The second kappa shape index (κ2) is 4.07. The van der Waals surface area contributed by atoms with Crippen LogP contribution in [0.1, 0.15) is 12.7 Å². The van der Waals surface area contributed by atoms with Crippen LogP contribution in [0.15, 0.2) is 33.5 Å². The maximum absolute atomic E-state index is 11.8. The molecule has 4 heteroatoms. The van der Waals surface area contributed by atoms with Crippen molar-refractivity contribution >= 4 is 11.0 Å². The smallest absolute Gasteiger partial charge is 0.207 e. The Kier molecular flexibility index (Phi) is 2.61. The van der Waals surface area contributed by atoms with E-state index >= 15 is 0 Å². The Morgan fingerprint density at radius 1 is 1.50 bits per heavy atom. The normalized spacial score (nSPS) is 10.0. The first-order valence-corrected chi connectivity index (χ1v) is 4.86. The third kappa shape index (κ3) is 1.63. The summed E-state index contributed by atoms with van der Waals surface area (Å²) < 4.78 is 10.6. The average molecular weight is 215 g/mol. The lowest BCUT2D eigenvalue weighted by Gasteiger charge is -2.05. The fourth-order valence-corrected chi connectivity index (χ4v) is 1.51. The highest BCUT2D eigenvalue weighted by Crippen LogP contribution is 2.22. The molecule has 0 saturated carbocycles. The van der Waals surface area contributed by atoms with Crippen LogP contribution in [0.4, 0.5) is 0 Å². The van der Waals surface area contributed by atoms with Gasteiger partial charge >= 0.3 is 0 Å². The number of hydrogen-bond acceptors (Lipinski definition) is 4. The minimum atomic E-state index is -0.262. The van der Waals surface area contributed by atoms with Gasteiger partial charge in [-0.05, 0) is 19.1 Å². The Labute approximate surface area is 91.7 Å². The van der Waals surface area contributed by atoms with E-state index in [2.05, 4.69) is 0 Å². The molecular weight excluding hydrogens is 206 g/mol. The van der Waals surface area contributed by atoms with Crippen molar-refractivity contribution in [1.82, 2.24) is 0 Å². The molecule has 80 valence electrons. The summed E-state index contributed by atoms with van der Waals surface area (Å²) in [6.07, 6.45) is 0. The van der Waals surface area contributed by atoms with Gasteiger partial charge in [-0.3, -0.25) is 4.79 Å². The summed E-state index contributed by atoms with van der Waals surface area (Å²) in [5.41, 5.74) is 0.108. The Bertz CT molecular complexity index is 622. The number of fused-ring (bicyclic) bond motifs is 1. The first-order valence-electron chi connectivity index (χ1n) is 4.86. The van der Waals surface area contributed by atoms with E-state index in [0.717, 1.165) is 0 Å². The van der Waals surface area contributed by atoms with Gasteiger partial charge in [-0.1, -0.05) is 6.07 Å². The molecule has 16 heavy (non-hydrogen) atoms. The standard InChI is InChI=1S/C12H9NO3/c1-2-15-10-4-3-5-11-12(10)9(14)6-8(7-13)16-11/h3-6H,2H2,1H3. The number of rotatable bonds is 2. The molecule has 0 spiro atoms. The Morgan fingerprint density at radius 3 is 3.00 bits per heavy atom. The topological polar surface area (TPSA) is 63.2 Å². The van der Waals surface area contributed by atoms with Crippen LogP contribution in [0.5, 0.6) is 5.75 Å². The van der Waals surface area contributed by atoms with Gasteiger partial charge in [-0.25, -0.2) is 0 Å². The summed E-state index contributed by atoms with van der Waals surface area (Å²) in [4.78, 5) is 11.8. The van der Waals surface area contributed by atoms with Crippen LogP contribution >= 0.6 is 0 Å². The number of benzene rings is 1. The van der Waals surface area contributed by atoms with Crippen molar-refractivity contribution in [2.24, 2.45) is 0 Å². The van der Waals surface area contributed by atoms with Crippen molar-refractivity contribution < 1.29 is 9.15 Å². The molecule has 0 aliphatic heterocycles. The fraction of sp³-hybridized carbons (Fsp3) is 0.167. The van der Waals surface area contributed by atoms with E-state index in [0.29, 0.717) is 23.3 Å². The van der Waals surface area contributed by atoms with Gasteiger partial charge in [0.05, 0.1) is 6.61 Å². The second-order valence-electron chi connectivity index (χ2n) is 3.15. The van der Waals surface area contributed by atoms with Crippen LogP contribution in [-0.2, 0) is 0 Å². The molecule has 0 unspecified atom stereocenters. The molecule has 1 aromatic carbocycles. The highest BCUT2D eigenvalue weighted by atomic mass is 16.5. The Morgan fingerprint density at radius 2 is 2.31 bits per heavy atom. The van der Waals surface area contributed by atoms with E-state index < -0.39 is 0 Å². The molecule has 0 N–H and O–H groups in total. The zero-order valence-corrected chi connectivity index (χ0v) is 8.69. The molecule has 0 fully saturated rings. The lowest BCUT2D eigenvalue weighted by Crippen LogP contribution is -2.04. The van der Waals surface area contributed by atoms with E-state index in [1.54, 1.807) is 24.3 Å². The molecular formula is C12H9NO3. The maximum Gasteiger partial charge on any atom is 0.207 e. The predicted octanol–water partition coefficient (Wildman–Crippen LogP) is 2.06. The monoisotopic (exact) mass is 215 g/mol. The molecule has 0 radical (unpaired) electrons. The van der Waals surface area contributed by atoms with Crippen molar-refractivity contribution in [3.8, 4) is 11.8 Å². The summed E-state index contributed by atoms with van der Waals surface area (Å²) in [6.45, 7) is 2.31. The molecule has 2 rings (SSSR count). The molecule has 1 aromatic heterocycles. The quantitative estimate of drug-likeness (QED) is 0.769. The molecule has 2 aromatic rings. The van der Waals surface area contributed by atoms with Gasteiger partial charge in [0.25, 0.3) is 0 Å². The minimum absolute atomic E-state index is 0.00569. The van der Waals surface area contributed by atoms with E-state index in [1.165, 1.54) is 6.07 Å². The molecule has 4 nitrogen and oxygen atoms in total. The Hall–Kier alpha value is -2.28. The van der Waals surface area contributed by atoms with Crippen LogP contribution in [0, 0.1) is 11.3 Å². The molecule has 0 atom stereocenters. The van der Waals surface area contributed by atoms with E-state index in [-0.39, 0.29) is 11.2 Å². The summed E-state index contributed by atoms with van der Waals surface area (Å²) >= 11 is 0. The van der Waals surface area contributed by atoms with Gasteiger partial charge in [0.1, 0.15) is 22.8 Å². The number of nitriles is 1. The van der Waals surface area contributed by atoms with Crippen molar-refractivity contribution in [2.75, 3.05) is 6.61 Å². The maximum atomic E-state index is 11.8. The average Bonchev–Trinajstić information content (AvgIpc) is 2.29. The van der Waals surface area contributed by atoms with Gasteiger partial charge in [0.2, 0.25) is 5.76 Å². The van der Waals surface area contributed by atoms with Crippen LogP contribution in [0.2, 0.25) is 0 Å². The SMILES string of the molecule is CCOc1cccc2oc(C#N)cc(=O)c12. The van der Waals surface area contributed by atoms with E-state index in [9.17, 15) is 4.79 Å². The van der Waals surface area contributed by atoms with Crippen molar-refractivity contribution in [2.45, 2.75) is 6.92 Å². The lowest BCUT2D eigenvalue weighted by molar-refractivity contribution is 0.343. The molecule has 0 saturated heterocycles. The Balaban J connectivity index is 2.80. The van der Waals surface area contributed by atoms with Crippen LogP contribution in [0.3, 0.4) is 0 Å². The van der Waals surface area contributed by atoms with Gasteiger partial charge in [0, 0.05) is 6.07 Å². The fourth-order valence-electron chi connectivity index (χ4n) is 1.51. The first-order chi connectivity index (χ1) is 7.76. The van der Waals surface area contributed by atoms with Gasteiger partial charge in [-0.2, -0.15) is 5.26 Å². The van der Waals surface area contributed by atoms with Crippen molar-refractivity contribution in [1.29, 1.82) is 5.26 Å². The number of nitrogens with zero attached hydrogens (tertiary/aromatic N) is 1. The lowest BCUT2D eigenvalue weighted by atomic mass is 10.2. The third-order valence-corrected chi connectivity index (χ3v) is 2.13. The second-order valence-corrected chi connectivity index (χ2v) is 3.15. The molecule has 0 bridgehead atoms. The van der Waals surface area contributed by atoms with Crippen LogP contribution in [0.25, 0.3) is 11.0 Å². The predicted molar refractivity (Wildman–Crippen MR) is 58.4 cm³/mol. The minimum Gasteiger partial charge on any atom is -0.493 e. The summed E-state index contributed by atoms with van der Waals surface area (Å²) in [7, 11) is 0. The van der Waals surface area contributed by atoms with Gasteiger partial charge < -0.3 is 9.15 Å². The largest absolute Gasteiger partial charge is 0.493 e. The summed E-state index contributed by atoms with van der Waals surface area (Å²) in [5, 5.41) is 9.06. The van der Waals surface area contributed by atoms with Crippen molar-refractivity contribution in [3.63, 3.8) is 0 Å². The van der Waals surface area contributed by atoms with E-state index in [4.69, 9.17) is 14.4 Å². The zero-order valence-electron chi connectivity index (χ0n) is 8.69. The molecule has 0 aliphatic carbocycles. The number of ether oxygens (including phenoxy) is 1. The first kappa shape index (κ1) is 10.2. The third-order valence-electron chi connectivity index (χ3n) is 2.13. The number of hydrogen-bond donors (Lipinski definition) is 0. The zero-order chi connectivity index (χ0) is 11.5. The highest BCUT2D eigenvalue weighted by Gasteiger charge is 2.09. The summed E-state index contributed by atoms with van der Waals surface area (Å²) in [5.74, 6) is 0.490.